The summed E-state index contributed by atoms with van der Waals surface area (Å²) in [7, 11) is 2.00. The molecular weight excluding hydrogens is 262 g/mol. The van der Waals surface area contributed by atoms with E-state index in [4.69, 9.17) is 0 Å². The summed E-state index contributed by atoms with van der Waals surface area (Å²) in [6, 6.07) is 13.8. The van der Waals surface area contributed by atoms with Crippen molar-refractivity contribution in [2.24, 2.45) is 0 Å². The van der Waals surface area contributed by atoms with Gasteiger partial charge in [0.1, 0.15) is 5.69 Å². The Kier molecular flexibility index (Phi) is 5.10. The van der Waals surface area contributed by atoms with Gasteiger partial charge in [0.2, 0.25) is 0 Å². The molecular formula is C17H19N3O. The zero-order chi connectivity index (χ0) is 15.1. The molecule has 4 nitrogen and oxygen atoms in total. The van der Waals surface area contributed by atoms with E-state index in [2.05, 4.69) is 33.9 Å². The van der Waals surface area contributed by atoms with Crippen LogP contribution in [0.1, 0.15) is 16.1 Å². The molecule has 0 aliphatic heterocycles. The van der Waals surface area contributed by atoms with Gasteiger partial charge in [-0.25, -0.2) is 4.98 Å². The van der Waals surface area contributed by atoms with Crippen molar-refractivity contribution in [1.82, 2.24) is 10.3 Å². The number of benzene rings is 1. The van der Waals surface area contributed by atoms with Crippen LogP contribution in [0.15, 0.2) is 61.3 Å². The summed E-state index contributed by atoms with van der Waals surface area (Å²) < 4.78 is 0. The minimum Gasteiger partial charge on any atom is -0.369 e. The Morgan fingerprint density at radius 1 is 1.29 bits per heavy atom. The van der Waals surface area contributed by atoms with Crippen molar-refractivity contribution in [3.05, 3.63) is 72.6 Å². The molecule has 1 amide bonds. The largest absolute Gasteiger partial charge is 0.369 e. The molecule has 2 aromatic rings. The van der Waals surface area contributed by atoms with E-state index in [0.29, 0.717) is 12.2 Å². The summed E-state index contributed by atoms with van der Waals surface area (Å²) in [6.07, 6.45) is 3.35. The fraction of sp³-hybridized carbons (Fsp3) is 0.176. The Morgan fingerprint density at radius 3 is 2.67 bits per heavy atom. The lowest BCUT2D eigenvalue weighted by molar-refractivity contribution is 0.0953. The van der Waals surface area contributed by atoms with Crippen LogP contribution < -0.4 is 10.2 Å². The van der Waals surface area contributed by atoms with Gasteiger partial charge in [-0.05, 0) is 17.7 Å². The first-order chi connectivity index (χ1) is 10.2. The van der Waals surface area contributed by atoms with Gasteiger partial charge >= 0.3 is 0 Å². The van der Waals surface area contributed by atoms with Gasteiger partial charge in [0.05, 0.1) is 11.9 Å². The van der Waals surface area contributed by atoms with Crippen LogP contribution in [0.5, 0.6) is 0 Å². The topological polar surface area (TPSA) is 45.2 Å². The third-order valence-corrected chi connectivity index (χ3v) is 3.09. The molecule has 1 aromatic heterocycles. The zero-order valence-corrected chi connectivity index (χ0v) is 12.1. The molecule has 108 valence electrons. The second kappa shape index (κ2) is 7.24. The third-order valence-electron chi connectivity index (χ3n) is 3.09. The summed E-state index contributed by atoms with van der Waals surface area (Å²) in [4.78, 5) is 18.0. The lowest BCUT2D eigenvalue weighted by Crippen LogP contribution is -2.24. The summed E-state index contributed by atoms with van der Waals surface area (Å²) >= 11 is 0. The molecule has 0 atom stereocenters. The molecule has 21 heavy (non-hydrogen) atoms. The quantitative estimate of drug-likeness (QED) is 0.828. The average molecular weight is 281 g/mol. The van der Waals surface area contributed by atoms with Crippen LogP contribution in [0.4, 0.5) is 5.69 Å². The summed E-state index contributed by atoms with van der Waals surface area (Å²) in [5.74, 6) is -0.188. The van der Waals surface area contributed by atoms with E-state index in [1.54, 1.807) is 18.3 Å². The number of anilines is 1. The van der Waals surface area contributed by atoms with Gasteiger partial charge in [-0.2, -0.15) is 0 Å². The Bertz CT molecular complexity index is 593. The molecule has 1 aromatic carbocycles. The number of nitrogens with one attached hydrogen (secondary N) is 1. The summed E-state index contributed by atoms with van der Waals surface area (Å²) in [6.45, 7) is 4.80. The highest BCUT2D eigenvalue weighted by Gasteiger charge is 2.07. The monoisotopic (exact) mass is 281 g/mol. The first kappa shape index (κ1) is 14.8. The van der Waals surface area contributed by atoms with Gasteiger partial charge in [-0.1, -0.05) is 36.4 Å². The van der Waals surface area contributed by atoms with Gasteiger partial charge in [-0.3, -0.25) is 4.79 Å². The van der Waals surface area contributed by atoms with Crippen molar-refractivity contribution in [3.63, 3.8) is 0 Å². The van der Waals surface area contributed by atoms with Gasteiger partial charge in [0.15, 0.2) is 0 Å². The van der Waals surface area contributed by atoms with Crippen molar-refractivity contribution >= 4 is 11.6 Å². The molecule has 4 heteroatoms. The SMILES string of the molecule is C=CCNC(=O)c1ccc(N(C)Cc2ccccc2)cn1. The number of aromatic nitrogens is 1. The van der Waals surface area contributed by atoms with Gasteiger partial charge in [0.25, 0.3) is 5.91 Å². The first-order valence-corrected chi connectivity index (χ1v) is 6.81. The molecule has 0 bridgehead atoms. The highest BCUT2D eigenvalue weighted by atomic mass is 16.1. The highest BCUT2D eigenvalue weighted by molar-refractivity contribution is 5.92. The second-order valence-electron chi connectivity index (χ2n) is 4.74. The maximum atomic E-state index is 11.7. The van der Waals surface area contributed by atoms with Crippen LogP contribution in [-0.4, -0.2) is 24.5 Å². The zero-order valence-electron chi connectivity index (χ0n) is 12.1. The smallest absolute Gasteiger partial charge is 0.270 e. The predicted octanol–water partition coefficient (Wildman–Crippen LogP) is 2.63. The van der Waals surface area contributed by atoms with Gasteiger partial charge in [-0.15, -0.1) is 6.58 Å². The first-order valence-electron chi connectivity index (χ1n) is 6.81. The van der Waals surface area contributed by atoms with E-state index in [-0.39, 0.29) is 5.91 Å². The summed E-state index contributed by atoms with van der Waals surface area (Å²) in [5.41, 5.74) is 2.61. The average Bonchev–Trinajstić information content (AvgIpc) is 2.53. The molecule has 0 unspecified atom stereocenters. The van der Waals surface area contributed by atoms with Crippen molar-refractivity contribution in [2.45, 2.75) is 6.54 Å². The Morgan fingerprint density at radius 2 is 2.05 bits per heavy atom. The van der Waals surface area contributed by atoms with Gasteiger partial charge < -0.3 is 10.2 Å². The molecule has 0 fully saturated rings. The van der Waals surface area contributed by atoms with Crippen LogP contribution in [-0.2, 0) is 6.54 Å². The second-order valence-corrected chi connectivity index (χ2v) is 4.74. The van der Waals surface area contributed by atoms with Crippen LogP contribution in [0, 0.1) is 0 Å². The minimum absolute atomic E-state index is 0.188. The Balaban J connectivity index is 2.01. The standard InChI is InChI=1S/C17H19N3O/c1-3-11-18-17(21)16-10-9-15(12-19-16)20(2)13-14-7-5-4-6-8-14/h3-10,12H,1,11,13H2,2H3,(H,18,21). The maximum Gasteiger partial charge on any atom is 0.270 e. The van der Waals surface area contributed by atoms with E-state index in [0.717, 1.165) is 12.2 Å². The number of carbonyl (C=O) groups is 1. The molecule has 0 aliphatic carbocycles. The summed E-state index contributed by atoms with van der Waals surface area (Å²) in [5, 5.41) is 2.70. The van der Waals surface area contributed by atoms with Crippen molar-refractivity contribution in [2.75, 3.05) is 18.5 Å². The molecule has 0 aliphatic rings. The minimum atomic E-state index is -0.188. The number of pyridine rings is 1. The molecule has 1 heterocycles. The number of carbonyl (C=O) groups excluding carboxylic acids is 1. The number of rotatable bonds is 6. The lowest BCUT2D eigenvalue weighted by atomic mass is 10.2. The number of nitrogens with zero attached hydrogens (tertiary/aromatic N) is 2. The van der Waals surface area contributed by atoms with E-state index >= 15 is 0 Å². The lowest BCUT2D eigenvalue weighted by Gasteiger charge is -2.19. The number of hydrogen-bond acceptors (Lipinski definition) is 3. The maximum absolute atomic E-state index is 11.7. The van der Waals surface area contributed by atoms with Crippen LogP contribution in [0.2, 0.25) is 0 Å². The fourth-order valence-corrected chi connectivity index (χ4v) is 1.95. The molecule has 2 rings (SSSR count). The van der Waals surface area contributed by atoms with E-state index in [1.165, 1.54) is 5.56 Å². The molecule has 1 N–H and O–H groups in total. The highest BCUT2D eigenvalue weighted by Crippen LogP contribution is 2.14. The van der Waals surface area contributed by atoms with E-state index < -0.39 is 0 Å². The number of amides is 1. The Labute approximate surface area is 125 Å². The van der Waals surface area contributed by atoms with Crippen molar-refractivity contribution < 1.29 is 4.79 Å². The van der Waals surface area contributed by atoms with Gasteiger partial charge in [0, 0.05) is 20.1 Å². The van der Waals surface area contributed by atoms with Crippen LogP contribution in [0.3, 0.4) is 0 Å². The normalized spacial score (nSPS) is 9.95. The van der Waals surface area contributed by atoms with Crippen LogP contribution >= 0.6 is 0 Å². The van der Waals surface area contributed by atoms with E-state index in [1.807, 2.05) is 31.3 Å². The molecule has 0 saturated heterocycles. The molecule has 0 saturated carbocycles. The fourth-order valence-electron chi connectivity index (χ4n) is 1.95. The van der Waals surface area contributed by atoms with Crippen molar-refractivity contribution in [3.8, 4) is 0 Å². The third kappa shape index (κ3) is 4.18. The predicted molar refractivity (Wildman–Crippen MR) is 85.3 cm³/mol. The molecule has 0 spiro atoms. The van der Waals surface area contributed by atoms with Crippen LogP contribution in [0.25, 0.3) is 0 Å². The van der Waals surface area contributed by atoms with E-state index in [9.17, 15) is 4.79 Å². The Hall–Kier alpha value is -2.62. The van der Waals surface area contributed by atoms with Crippen molar-refractivity contribution in [1.29, 1.82) is 0 Å². The molecule has 0 radical (unpaired) electrons. The number of hydrogen-bond donors (Lipinski definition) is 1.